The van der Waals surface area contributed by atoms with Crippen LogP contribution in [0.2, 0.25) is 0 Å². The number of carbonyl (C=O) groups is 1. The van der Waals surface area contributed by atoms with Crippen LogP contribution in [-0.4, -0.2) is 19.0 Å². The fourth-order valence-electron chi connectivity index (χ4n) is 3.79. The van der Waals surface area contributed by atoms with Gasteiger partial charge < -0.3 is 9.47 Å². The van der Waals surface area contributed by atoms with Gasteiger partial charge in [-0.1, -0.05) is 60.7 Å². The second-order valence-corrected chi connectivity index (χ2v) is 5.90. The lowest BCUT2D eigenvalue weighted by molar-refractivity contribution is -0.128. The number of benzene rings is 3. The first-order valence-corrected chi connectivity index (χ1v) is 7.76. The van der Waals surface area contributed by atoms with Crippen molar-refractivity contribution >= 4 is 16.6 Å². The molecule has 112 valence electrons. The Labute approximate surface area is 133 Å². The Morgan fingerprint density at radius 2 is 1.39 bits per heavy atom. The SMILES string of the molecule is O=C1c2ccccc2C2(OCCO2)c2cccc3cccc1c23. The average Bonchev–Trinajstić information content (AvgIpc) is 3.08. The van der Waals surface area contributed by atoms with Gasteiger partial charge in [0.2, 0.25) is 5.79 Å². The molecule has 0 radical (unpaired) electrons. The Morgan fingerprint density at radius 1 is 0.739 bits per heavy atom. The second-order valence-electron chi connectivity index (χ2n) is 5.90. The number of carbonyl (C=O) groups excluding carboxylic acids is 1. The molecule has 1 spiro atoms. The Balaban J connectivity index is 2.01. The molecule has 0 bridgehead atoms. The van der Waals surface area contributed by atoms with Gasteiger partial charge in [0.25, 0.3) is 0 Å². The molecule has 0 amide bonds. The van der Waals surface area contributed by atoms with Crippen molar-refractivity contribution in [1.29, 1.82) is 0 Å². The Bertz CT molecular complexity index is 947. The lowest BCUT2D eigenvalue weighted by Gasteiger charge is -2.29. The van der Waals surface area contributed by atoms with Crippen LogP contribution in [-0.2, 0) is 15.3 Å². The van der Waals surface area contributed by atoms with E-state index in [0.29, 0.717) is 24.3 Å². The molecule has 0 unspecified atom stereocenters. The molecular formula is C20H14O3. The van der Waals surface area contributed by atoms with Crippen LogP contribution in [0.3, 0.4) is 0 Å². The van der Waals surface area contributed by atoms with Gasteiger partial charge in [-0.05, 0) is 5.39 Å². The highest BCUT2D eigenvalue weighted by Gasteiger charge is 2.46. The highest BCUT2D eigenvalue weighted by atomic mass is 16.7. The average molecular weight is 302 g/mol. The largest absolute Gasteiger partial charge is 0.340 e. The molecule has 3 aromatic carbocycles. The van der Waals surface area contributed by atoms with Crippen LogP contribution in [0.1, 0.15) is 27.0 Å². The van der Waals surface area contributed by atoms with Gasteiger partial charge >= 0.3 is 0 Å². The summed E-state index contributed by atoms with van der Waals surface area (Å²) in [4.78, 5) is 13.1. The molecule has 0 aromatic heterocycles. The molecule has 0 saturated carbocycles. The third-order valence-electron chi connectivity index (χ3n) is 4.72. The summed E-state index contributed by atoms with van der Waals surface area (Å²) in [6, 6.07) is 19.5. The molecule has 1 heterocycles. The molecule has 2 aliphatic rings. The van der Waals surface area contributed by atoms with Gasteiger partial charge in [0.15, 0.2) is 5.78 Å². The highest BCUT2D eigenvalue weighted by Crippen LogP contribution is 2.46. The van der Waals surface area contributed by atoms with Crippen molar-refractivity contribution in [2.75, 3.05) is 13.2 Å². The number of hydrogen-bond donors (Lipinski definition) is 0. The summed E-state index contributed by atoms with van der Waals surface area (Å²) in [6.45, 7) is 1.03. The van der Waals surface area contributed by atoms with E-state index in [1.54, 1.807) is 0 Å². The van der Waals surface area contributed by atoms with Crippen LogP contribution in [0.4, 0.5) is 0 Å². The zero-order valence-corrected chi connectivity index (χ0v) is 12.4. The molecule has 3 aromatic rings. The minimum Gasteiger partial charge on any atom is -0.340 e. The summed E-state index contributed by atoms with van der Waals surface area (Å²) >= 11 is 0. The van der Waals surface area contributed by atoms with Crippen LogP contribution in [0.5, 0.6) is 0 Å². The third-order valence-corrected chi connectivity index (χ3v) is 4.72. The van der Waals surface area contributed by atoms with E-state index in [9.17, 15) is 4.79 Å². The quantitative estimate of drug-likeness (QED) is 0.636. The molecule has 5 rings (SSSR count). The topological polar surface area (TPSA) is 35.5 Å². The number of rotatable bonds is 0. The number of ketones is 1. The fourth-order valence-corrected chi connectivity index (χ4v) is 3.79. The van der Waals surface area contributed by atoms with Crippen molar-refractivity contribution in [2.24, 2.45) is 0 Å². The van der Waals surface area contributed by atoms with E-state index < -0.39 is 5.79 Å². The van der Waals surface area contributed by atoms with E-state index >= 15 is 0 Å². The van der Waals surface area contributed by atoms with Crippen molar-refractivity contribution in [3.8, 4) is 0 Å². The predicted octanol–water partition coefficient (Wildman–Crippen LogP) is 3.63. The van der Waals surface area contributed by atoms with E-state index in [4.69, 9.17) is 9.47 Å². The smallest absolute Gasteiger partial charge is 0.223 e. The van der Waals surface area contributed by atoms with Gasteiger partial charge in [0.1, 0.15) is 0 Å². The summed E-state index contributed by atoms with van der Waals surface area (Å²) in [5.41, 5.74) is 3.08. The maximum atomic E-state index is 13.1. The third kappa shape index (κ3) is 1.58. The van der Waals surface area contributed by atoms with Crippen molar-refractivity contribution in [1.82, 2.24) is 0 Å². The maximum absolute atomic E-state index is 13.1. The van der Waals surface area contributed by atoms with Gasteiger partial charge in [0, 0.05) is 27.6 Å². The first-order chi connectivity index (χ1) is 11.3. The maximum Gasteiger partial charge on any atom is 0.223 e. The number of fused-ring (bicyclic) bond motifs is 3. The van der Waals surface area contributed by atoms with Gasteiger partial charge in [-0.15, -0.1) is 0 Å². The fraction of sp³-hybridized carbons (Fsp3) is 0.150. The molecule has 1 saturated heterocycles. The van der Waals surface area contributed by atoms with E-state index in [0.717, 1.165) is 21.9 Å². The van der Waals surface area contributed by atoms with Crippen LogP contribution < -0.4 is 0 Å². The first-order valence-electron chi connectivity index (χ1n) is 7.76. The Morgan fingerprint density at radius 3 is 2.22 bits per heavy atom. The highest BCUT2D eigenvalue weighted by molar-refractivity contribution is 6.19. The molecule has 3 nitrogen and oxygen atoms in total. The second kappa shape index (κ2) is 4.51. The number of ether oxygens (including phenoxy) is 2. The standard InChI is InChI=1S/C20H14O3/c21-19-14-7-1-2-9-16(14)20(22-11-12-23-20)17-10-4-6-13-5-3-8-15(19)18(13)17/h1-10H,11-12H2. The van der Waals surface area contributed by atoms with E-state index in [1.165, 1.54) is 0 Å². The molecule has 23 heavy (non-hydrogen) atoms. The minimum absolute atomic E-state index is 0.0228. The van der Waals surface area contributed by atoms with E-state index in [1.807, 2.05) is 60.7 Å². The summed E-state index contributed by atoms with van der Waals surface area (Å²) in [5, 5.41) is 1.96. The summed E-state index contributed by atoms with van der Waals surface area (Å²) in [7, 11) is 0. The van der Waals surface area contributed by atoms with Crippen LogP contribution in [0, 0.1) is 0 Å². The summed E-state index contributed by atoms with van der Waals surface area (Å²) < 4.78 is 12.2. The first kappa shape index (κ1) is 13.0. The molecule has 1 aliphatic carbocycles. The molecule has 1 fully saturated rings. The zero-order chi connectivity index (χ0) is 15.4. The van der Waals surface area contributed by atoms with Gasteiger partial charge in [-0.25, -0.2) is 0 Å². The zero-order valence-electron chi connectivity index (χ0n) is 12.4. The van der Waals surface area contributed by atoms with Crippen LogP contribution >= 0.6 is 0 Å². The lowest BCUT2D eigenvalue weighted by Crippen LogP contribution is -2.29. The van der Waals surface area contributed by atoms with Crippen molar-refractivity contribution in [3.63, 3.8) is 0 Å². The van der Waals surface area contributed by atoms with Crippen molar-refractivity contribution in [2.45, 2.75) is 5.79 Å². The monoisotopic (exact) mass is 302 g/mol. The van der Waals surface area contributed by atoms with Crippen molar-refractivity contribution in [3.05, 3.63) is 82.9 Å². The predicted molar refractivity (Wildman–Crippen MR) is 86.5 cm³/mol. The van der Waals surface area contributed by atoms with Crippen molar-refractivity contribution < 1.29 is 14.3 Å². The Hall–Kier alpha value is -2.49. The Kier molecular flexibility index (Phi) is 2.55. The minimum atomic E-state index is -0.988. The molecule has 3 heteroatoms. The van der Waals surface area contributed by atoms with Crippen LogP contribution in [0.15, 0.2) is 60.7 Å². The number of hydrogen-bond acceptors (Lipinski definition) is 3. The van der Waals surface area contributed by atoms with E-state index in [-0.39, 0.29) is 5.78 Å². The van der Waals surface area contributed by atoms with Gasteiger partial charge in [-0.2, -0.15) is 0 Å². The van der Waals surface area contributed by atoms with Gasteiger partial charge in [0.05, 0.1) is 13.2 Å². The van der Waals surface area contributed by atoms with E-state index in [2.05, 4.69) is 0 Å². The molecular weight excluding hydrogens is 288 g/mol. The lowest BCUT2D eigenvalue weighted by atomic mass is 9.92. The summed E-state index contributed by atoms with van der Waals surface area (Å²) in [6.07, 6.45) is 0. The van der Waals surface area contributed by atoms with Crippen LogP contribution in [0.25, 0.3) is 10.8 Å². The molecule has 0 atom stereocenters. The van der Waals surface area contributed by atoms with Gasteiger partial charge in [-0.3, -0.25) is 4.79 Å². The summed E-state index contributed by atoms with van der Waals surface area (Å²) in [5.74, 6) is -0.965. The molecule has 0 N–H and O–H groups in total. The molecule has 1 aliphatic heterocycles. The normalized spacial score (nSPS) is 18.2.